The number of piperidine rings is 1. The summed E-state index contributed by atoms with van der Waals surface area (Å²) in [4.78, 5) is 41.6. The molecule has 0 atom stereocenters. The highest BCUT2D eigenvalue weighted by molar-refractivity contribution is 5.97. The molecule has 0 radical (unpaired) electrons. The molecule has 2 aromatic carbocycles. The van der Waals surface area contributed by atoms with Crippen molar-refractivity contribution >= 4 is 23.5 Å². The summed E-state index contributed by atoms with van der Waals surface area (Å²) in [5.41, 5.74) is 3.92. The van der Waals surface area contributed by atoms with Gasteiger partial charge in [0, 0.05) is 50.4 Å². The Kier molecular flexibility index (Phi) is 9.36. The van der Waals surface area contributed by atoms with E-state index < -0.39 is 0 Å². The van der Waals surface area contributed by atoms with Crippen molar-refractivity contribution in [1.29, 1.82) is 5.26 Å². The molecule has 2 N–H and O–H groups in total. The second-order valence-electron chi connectivity index (χ2n) is 10.3. The van der Waals surface area contributed by atoms with E-state index in [1.54, 1.807) is 6.07 Å². The van der Waals surface area contributed by atoms with E-state index in [-0.39, 0.29) is 17.8 Å². The van der Waals surface area contributed by atoms with Gasteiger partial charge in [-0.15, -0.1) is 0 Å². The molecule has 0 spiro atoms. The molecular formula is C30H37N5O3. The maximum absolute atomic E-state index is 13.2. The van der Waals surface area contributed by atoms with Gasteiger partial charge in [-0.2, -0.15) is 5.26 Å². The van der Waals surface area contributed by atoms with E-state index in [4.69, 9.17) is 5.26 Å². The number of nitriles is 1. The van der Waals surface area contributed by atoms with Crippen LogP contribution in [-0.2, 0) is 4.79 Å². The summed E-state index contributed by atoms with van der Waals surface area (Å²) in [6, 6.07) is 15.0. The van der Waals surface area contributed by atoms with Crippen LogP contribution in [0, 0.1) is 18.3 Å². The van der Waals surface area contributed by atoms with Crippen molar-refractivity contribution in [1.82, 2.24) is 15.1 Å². The molecule has 2 heterocycles. The number of aryl methyl sites for hydroxylation is 1. The van der Waals surface area contributed by atoms with Crippen LogP contribution in [0.15, 0.2) is 42.5 Å². The molecule has 8 nitrogen and oxygen atoms in total. The normalized spacial score (nSPS) is 16.5. The number of anilines is 1. The number of carbonyl (C=O) groups excluding carboxylic acids is 3. The van der Waals surface area contributed by atoms with Gasteiger partial charge in [-0.25, -0.2) is 4.79 Å². The molecular weight excluding hydrogens is 478 g/mol. The molecule has 200 valence electrons. The van der Waals surface area contributed by atoms with Crippen LogP contribution in [0.2, 0.25) is 0 Å². The first kappa shape index (κ1) is 27.2. The first-order chi connectivity index (χ1) is 18.4. The molecule has 2 fully saturated rings. The van der Waals surface area contributed by atoms with Crippen LogP contribution in [0.25, 0.3) is 0 Å². The molecule has 38 heavy (non-hydrogen) atoms. The Morgan fingerprint density at radius 2 is 1.79 bits per heavy atom. The first-order valence-corrected chi connectivity index (χ1v) is 13.7. The van der Waals surface area contributed by atoms with E-state index >= 15 is 0 Å². The van der Waals surface area contributed by atoms with Gasteiger partial charge in [-0.1, -0.05) is 24.6 Å². The highest BCUT2D eigenvalue weighted by atomic mass is 16.2. The minimum Gasteiger partial charge on any atom is -0.343 e. The van der Waals surface area contributed by atoms with Crippen molar-refractivity contribution in [3.63, 3.8) is 0 Å². The fourth-order valence-corrected chi connectivity index (χ4v) is 5.23. The number of carbonyl (C=O) groups is 3. The number of rotatable bonds is 7. The summed E-state index contributed by atoms with van der Waals surface area (Å²) in [5, 5.41) is 14.8. The van der Waals surface area contributed by atoms with Gasteiger partial charge in [0.05, 0.1) is 11.6 Å². The zero-order chi connectivity index (χ0) is 26.9. The second kappa shape index (κ2) is 13.1. The standard InChI is InChI=1S/C30H37N5O3/c1-22-7-10-26(29(37)35-18-13-25(14-19-35)24-11-8-23(21-31)9-12-24)20-27(22)33-30(38)32-15-5-17-34-16-4-2-3-6-28(34)36/h7-12,20,25H,2-6,13-19H2,1H3,(H2,32,33,38). The van der Waals surface area contributed by atoms with Gasteiger partial charge >= 0.3 is 6.03 Å². The lowest BCUT2D eigenvalue weighted by Crippen LogP contribution is -2.38. The predicted octanol–water partition coefficient (Wildman–Crippen LogP) is 4.80. The third-order valence-electron chi connectivity index (χ3n) is 7.59. The average Bonchev–Trinajstić information content (AvgIpc) is 3.15. The fraction of sp³-hybridized carbons (Fsp3) is 0.467. The highest BCUT2D eigenvalue weighted by Crippen LogP contribution is 2.29. The second-order valence-corrected chi connectivity index (χ2v) is 10.3. The van der Waals surface area contributed by atoms with Crippen LogP contribution in [0.4, 0.5) is 10.5 Å². The Morgan fingerprint density at radius 1 is 1.03 bits per heavy atom. The SMILES string of the molecule is Cc1ccc(C(=O)N2CCC(c3ccc(C#N)cc3)CC2)cc1NC(=O)NCCCN1CCCCCC1=O. The van der Waals surface area contributed by atoms with Gasteiger partial charge in [-0.05, 0) is 80.3 Å². The number of hydrogen-bond donors (Lipinski definition) is 2. The van der Waals surface area contributed by atoms with Crippen molar-refractivity contribution in [2.24, 2.45) is 0 Å². The Bertz CT molecular complexity index is 1180. The minimum atomic E-state index is -0.317. The Hall–Kier alpha value is -3.86. The van der Waals surface area contributed by atoms with Gasteiger partial charge in [0.2, 0.25) is 5.91 Å². The Labute approximate surface area is 225 Å². The molecule has 0 bridgehead atoms. The molecule has 8 heteroatoms. The van der Waals surface area contributed by atoms with Crippen molar-refractivity contribution in [3.05, 3.63) is 64.7 Å². The van der Waals surface area contributed by atoms with E-state index in [9.17, 15) is 14.4 Å². The van der Waals surface area contributed by atoms with Crippen molar-refractivity contribution in [3.8, 4) is 6.07 Å². The summed E-state index contributed by atoms with van der Waals surface area (Å²) >= 11 is 0. The zero-order valence-electron chi connectivity index (χ0n) is 22.2. The van der Waals surface area contributed by atoms with E-state index in [0.29, 0.717) is 61.8 Å². The quantitative estimate of drug-likeness (QED) is 0.517. The highest BCUT2D eigenvalue weighted by Gasteiger charge is 2.25. The van der Waals surface area contributed by atoms with Crippen LogP contribution in [0.5, 0.6) is 0 Å². The summed E-state index contributed by atoms with van der Waals surface area (Å²) in [7, 11) is 0. The van der Waals surface area contributed by atoms with Gasteiger partial charge in [-0.3, -0.25) is 9.59 Å². The Morgan fingerprint density at radius 3 is 2.53 bits per heavy atom. The number of nitrogens with zero attached hydrogens (tertiary/aromatic N) is 3. The van der Waals surface area contributed by atoms with Crippen LogP contribution >= 0.6 is 0 Å². The number of amides is 4. The maximum atomic E-state index is 13.2. The van der Waals surface area contributed by atoms with E-state index in [0.717, 1.165) is 44.2 Å². The number of urea groups is 1. The molecule has 0 aromatic heterocycles. The lowest BCUT2D eigenvalue weighted by Gasteiger charge is -2.32. The smallest absolute Gasteiger partial charge is 0.319 e. The monoisotopic (exact) mass is 515 g/mol. The van der Waals surface area contributed by atoms with E-state index in [1.807, 2.05) is 53.1 Å². The number of benzene rings is 2. The van der Waals surface area contributed by atoms with Crippen LogP contribution < -0.4 is 10.6 Å². The van der Waals surface area contributed by atoms with Crippen LogP contribution in [0.3, 0.4) is 0 Å². The number of nitrogens with one attached hydrogen (secondary N) is 2. The topological polar surface area (TPSA) is 106 Å². The van der Waals surface area contributed by atoms with Crippen LogP contribution in [0.1, 0.15) is 77.9 Å². The molecule has 0 aliphatic carbocycles. The lowest BCUT2D eigenvalue weighted by atomic mass is 9.89. The molecule has 4 rings (SSSR count). The van der Waals surface area contributed by atoms with Crippen LogP contribution in [-0.4, -0.2) is 60.4 Å². The first-order valence-electron chi connectivity index (χ1n) is 13.7. The van der Waals surface area contributed by atoms with E-state index in [1.165, 1.54) is 5.56 Å². The fourth-order valence-electron chi connectivity index (χ4n) is 5.23. The lowest BCUT2D eigenvalue weighted by molar-refractivity contribution is -0.130. The summed E-state index contributed by atoms with van der Waals surface area (Å²) in [6.45, 7) is 5.17. The third-order valence-corrected chi connectivity index (χ3v) is 7.59. The maximum Gasteiger partial charge on any atom is 0.319 e. The molecule has 2 aliphatic rings. The molecule has 0 unspecified atom stereocenters. The van der Waals surface area contributed by atoms with Crippen molar-refractivity contribution in [2.75, 3.05) is 38.0 Å². The van der Waals surface area contributed by atoms with Crippen molar-refractivity contribution < 1.29 is 14.4 Å². The van der Waals surface area contributed by atoms with E-state index in [2.05, 4.69) is 16.7 Å². The third kappa shape index (κ3) is 7.12. The number of likely N-dealkylation sites (tertiary alicyclic amines) is 2. The van der Waals surface area contributed by atoms with Gasteiger partial charge in [0.15, 0.2) is 0 Å². The molecule has 2 aliphatic heterocycles. The predicted molar refractivity (Wildman–Crippen MR) is 147 cm³/mol. The molecule has 2 saturated heterocycles. The summed E-state index contributed by atoms with van der Waals surface area (Å²) in [6.07, 6.45) is 6.18. The summed E-state index contributed by atoms with van der Waals surface area (Å²) in [5.74, 6) is 0.555. The molecule has 2 aromatic rings. The minimum absolute atomic E-state index is 0.0335. The summed E-state index contributed by atoms with van der Waals surface area (Å²) < 4.78 is 0. The van der Waals surface area contributed by atoms with Crippen molar-refractivity contribution in [2.45, 2.75) is 57.8 Å². The molecule has 4 amide bonds. The Balaban J connectivity index is 1.25. The van der Waals surface area contributed by atoms with Gasteiger partial charge in [0.25, 0.3) is 5.91 Å². The molecule has 0 saturated carbocycles. The largest absolute Gasteiger partial charge is 0.343 e. The number of hydrogen-bond acceptors (Lipinski definition) is 4. The van der Waals surface area contributed by atoms with Gasteiger partial charge in [0.1, 0.15) is 0 Å². The zero-order valence-corrected chi connectivity index (χ0v) is 22.2. The van der Waals surface area contributed by atoms with Gasteiger partial charge < -0.3 is 20.4 Å². The average molecular weight is 516 g/mol.